The second-order valence-corrected chi connectivity index (χ2v) is 5.17. The lowest BCUT2D eigenvalue weighted by atomic mass is 10.0. The molecule has 0 saturated carbocycles. The smallest absolute Gasteiger partial charge is 0.160 e. The third-order valence-electron chi connectivity index (χ3n) is 3.77. The fraction of sp³-hybridized carbons (Fsp3) is 0.0556. The minimum absolute atomic E-state index is 0.808. The Balaban J connectivity index is 2.03. The van der Waals surface area contributed by atoms with Crippen LogP contribution in [-0.4, -0.2) is 19.7 Å². The second-order valence-electron chi connectivity index (χ2n) is 5.17. The van der Waals surface area contributed by atoms with Gasteiger partial charge >= 0.3 is 0 Å². The number of nitrogens with zero attached hydrogens (tertiary/aromatic N) is 4. The highest BCUT2D eigenvalue weighted by Gasteiger charge is 2.14. The van der Waals surface area contributed by atoms with Crippen LogP contribution in [0.3, 0.4) is 0 Å². The molecule has 0 fully saturated rings. The van der Waals surface area contributed by atoms with E-state index in [2.05, 4.69) is 39.4 Å². The normalized spacial score (nSPS) is 11.0. The Morgan fingerprint density at radius 2 is 1.41 bits per heavy atom. The van der Waals surface area contributed by atoms with Crippen LogP contribution in [0.5, 0.6) is 0 Å². The highest BCUT2D eigenvalue weighted by atomic mass is 15.1. The first-order valence-electron chi connectivity index (χ1n) is 7.13. The van der Waals surface area contributed by atoms with Gasteiger partial charge in [0.25, 0.3) is 0 Å². The van der Waals surface area contributed by atoms with Gasteiger partial charge in [-0.15, -0.1) is 10.2 Å². The summed E-state index contributed by atoms with van der Waals surface area (Å²) >= 11 is 0. The number of aromatic nitrogens is 4. The summed E-state index contributed by atoms with van der Waals surface area (Å²) < 4.78 is 1.96. The molecule has 4 heteroatoms. The van der Waals surface area contributed by atoms with Crippen molar-refractivity contribution in [1.82, 2.24) is 19.7 Å². The molecule has 4 rings (SSSR count). The highest BCUT2D eigenvalue weighted by Crippen LogP contribution is 2.31. The Morgan fingerprint density at radius 3 is 2.09 bits per heavy atom. The van der Waals surface area contributed by atoms with E-state index in [1.54, 1.807) is 6.20 Å². The second kappa shape index (κ2) is 5.07. The van der Waals surface area contributed by atoms with Crippen molar-refractivity contribution in [1.29, 1.82) is 0 Å². The van der Waals surface area contributed by atoms with E-state index in [0.717, 1.165) is 33.5 Å². The van der Waals surface area contributed by atoms with Crippen molar-refractivity contribution < 1.29 is 0 Å². The van der Waals surface area contributed by atoms with Crippen LogP contribution in [0.1, 0.15) is 0 Å². The maximum Gasteiger partial charge on any atom is 0.160 e. The quantitative estimate of drug-likeness (QED) is 0.564. The van der Waals surface area contributed by atoms with Crippen molar-refractivity contribution in [3.63, 3.8) is 0 Å². The zero-order chi connectivity index (χ0) is 14.9. The van der Waals surface area contributed by atoms with E-state index in [4.69, 9.17) is 0 Å². The van der Waals surface area contributed by atoms with Gasteiger partial charge in [-0.3, -0.25) is 0 Å². The van der Waals surface area contributed by atoms with Crippen LogP contribution >= 0.6 is 0 Å². The lowest BCUT2D eigenvalue weighted by molar-refractivity contribution is 0.909. The maximum atomic E-state index is 4.47. The molecule has 0 aliphatic heterocycles. The summed E-state index contributed by atoms with van der Waals surface area (Å²) in [6.07, 6.45) is 3.69. The molecule has 106 valence electrons. The predicted octanol–water partition coefficient (Wildman–Crippen LogP) is 3.70. The van der Waals surface area contributed by atoms with E-state index >= 15 is 0 Å². The van der Waals surface area contributed by atoms with Gasteiger partial charge in [0.05, 0.1) is 0 Å². The molecule has 4 aromatic rings. The number of hydrogen-bond acceptors (Lipinski definition) is 3. The Kier molecular flexibility index (Phi) is 2.93. The Morgan fingerprint density at radius 1 is 0.773 bits per heavy atom. The van der Waals surface area contributed by atoms with Gasteiger partial charge in [0.1, 0.15) is 11.4 Å². The number of hydrogen-bond donors (Lipinski definition) is 0. The molecule has 0 saturated heterocycles. The number of benzene rings is 2. The first-order chi connectivity index (χ1) is 10.8. The van der Waals surface area contributed by atoms with E-state index < -0.39 is 0 Å². The van der Waals surface area contributed by atoms with Gasteiger partial charge in [0.2, 0.25) is 0 Å². The van der Waals surface area contributed by atoms with Crippen LogP contribution in [-0.2, 0) is 7.05 Å². The summed E-state index contributed by atoms with van der Waals surface area (Å²) in [5.74, 6) is 0.823. The predicted molar refractivity (Wildman–Crippen MR) is 87.2 cm³/mol. The van der Waals surface area contributed by atoms with Gasteiger partial charge in [0, 0.05) is 35.8 Å². The van der Waals surface area contributed by atoms with E-state index in [1.807, 2.05) is 48.1 Å². The molecule has 2 heterocycles. The van der Waals surface area contributed by atoms with E-state index in [9.17, 15) is 0 Å². The van der Waals surface area contributed by atoms with E-state index in [0.29, 0.717) is 0 Å². The molecule has 0 aliphatic carbocycles. The first kappa shape index (κ1) is 12.7. The average Bonchev–Trinajstić information content (AvgIpc) is 3.00. The monoisotopic (exact) mass is 286 g/mol. The van der Waals surface area contributed by atoms with Crippen LogP contribution in [0.25, 0.3) is 33.5 Å². The zero-order valence-electron chi connectivity index (χ0n) is 12.1. The molecule has 0 amide bonds. The Bertz CT molecular complexity index is 942. The van der Waals surface area contributed by atoms with Crippen LogP contribution in [0.15, 0.2) is 67.0 Å². The molecule has 0 spiro atoms. The van der Waals surface area contributed by atoms with Crippen molar-refractivity contribution >= 4 is 10.8 Å². The van der Waals surface area contributed by atoms with Gasteiger partial charge in [-0.1, -0.05) is 54.6 Å². The van der Waals surface area contributed by atoms with Crippen molar-refractivity contribution in [3.8, 4) is 22.8 Å². The number of imidazole rings is 1. The SMILES string of the molecule is Cn1ccnc1-c1nnc(-c2ccccc2)c2ccccc12. The Hall–Kier alpha value is -3.01. The molecule has 2 aromatic heterocycles. The minimum Gasteiger partial charge on any atom is -0.333 e. The average molecular weight is 286 g/mol. The summed E-state index contributed by atoms with van der Waals surface area (Å²) in [7, 11) is 1.96. The van der Waals surface area contributed by atoms with Crippen LogP contribution in [0.2, 0.25) is 0 Å². The molecule has 4 nitrogen and oxygen atoms in total. The van der Waals surface area contributed by atoms with E-state index in [-0.39, 0.29) is 0 Å². The summed E-state index contributed by atoms with van der Waals surface area (Å²) in [6.45, 7) is 0. The summed E-state index contributed by atoms with van der Waals surface area (Å²) in [5.41, 5.74) is 2.77. The maximum absolute atomic E-state index is 4.47. The molecular weight excluding hydrogens is 272 g/mol. The third-order valence-corrected chi connectivity index (χ3v) is 3.77. The van der Waals surface area contributed by atoms with Crippen molar-refractivity contribution in [2.45, 2.75) is 0 Å². The minimum atomic E-state index is 0.808. The van der Waals surface area contributed by atoms with Gasteiger partial charge in [-0.05, 0) is 0 Å². The Labute approximate surface area is 128 Å². The summed E-state index contributed by atoms with van der Waals surface area (Å²) in [4.78, 5) is 4.40. The third kappa shape index (κ3) is 1.97. The number of aryl methyl sites for hydroxylation is 1. The van der Waals surface area contributed by atoms with Crippen molar-refractivity contribution in [2.24, 2.45) is 7.05 Å². The fourth-order valence-corrected chi connectivity index (χ4v) is 2.67. The first-order valence-corrected chi connectivity index (χ1v) is 7.13. The van der Waals surface area contributed by atoms with Gasteiger partial charge in [-0.2, -0.15) is 0 Å². The lowest BCUT2D eigenvalue weighted by Crippen LogP contribution is -1.99. The molecule has 0 N–H and O–H groups in total. The van der Waals surface area contributed by atoms with Crippen LogP contribution in [0.4, 0.5) is 0 Å². The molecule has 0 bridgehead atoms. The summed E-state index contributed by atoms with van der Waals surface area (Å²) in [5, 5.41) is 11.1. The molecule has 0 atom stereocenters. The van der Waals surface area contributed by atoms with Gasteiger partial charge in [0.15, 0.2) is 5.82 Å². The molecule has 0 aliphatic rings. The molecule has 0 unspecified atom stereocenters. The fourth-order valence-electron chi connectivity index (χ4n) is 2.67. The lowest BCUT2D eigenvalue weighted by Gasteiger charge is -2.09. The van der Waals surface area contributed by atoms with Gasteiger partial charge < -0.3 is 4.57 Å². The number of rotatable bonds is 2. The van der Waals surface area contributed by atoms with Gasteiger partial charge in [-0.25, -0.2) is 4.98 Å². The largest absolute Gasteiger partial charge is 0.333 e. The number of fused-ring (bicyclic) bond motifs is 1. The standard InChI is InChI=1S/C18H14N4/c1-22-12-11-19-18(22)17-15-10-6-5-9-14(15)16(20-21-17)13-7-3-2-4-8-13/h2-12H,1H3. The van der Waals surface area contributed by atoms with Crippen LogP contribution in [0, 0.1) is 0 Å². The zero-order valence-corrected chi connectivity index (χ0v) is 12.1. The molecule has 2 aromatic carbocycles. The summed E-state index contributed by atoms with van der Waals surface area (Å²) in [6, 6.07) is 18.3. The van der Waals surface area contributed by atoms with Crippen molar-refractivity contribution in [3.05, 3.63) is 67.0 Å². The van der Waals surface area contributed by atoms with E-state index in [1.165, 1.54) is 0 Å². The van der Waals surface area contributed by atoms with Crippen LogP contribution < -0.4 is 0 Å². The van der Waals surface area contributed by atoms with Crippen molar-refractivity contribution in [2.75, 3.05) is 0 Å². The molecule has 22 heavy (non-hydrogen) atoms. The molecule has 0 radical (unpaired) electrons. The molecular formula is C18H14N4. The highest BCUT2D eigenvalue weighted by molar-refractivity contribution is 6.00. The topological polar surface area (TPSA) is 43.6 Å².